The Labute approximate surface area is 128 Å². The second-order valence-electron chi connectivity index (χ2n) is 4.80. The van der Waals surface area contributed by atoms with Crippen molar-refractivity contribution >= 4 is 28.9 Å². The maximum atomic E-state index is 13.5. The Kier molecular flexibility index (Phi) is 4.81. The molecular formula is C16H16ClFN2O. The van der Waals surface area contributed by atoms with Crippen LogP contribution in [0.15, 0.2) is 42.5 Å². The van der Waals surface area contributed by atoms with Crippen LogP contribution in [0.4, 0.5) is 15.8 Å². The van der Waals surface area contributed by atoms with Crippen molar-refractivity contribution in [3.05, 3.63) is 58.9 Å². The molecule has 2 aromatic carbocycles. The van der Waals surface area contributed by atoms with Gasteiger partial charge in [-0.15, -0.1) is 0 Å². The minimum Gasteiger partial charge on any atom is -0.374 e. The Morgan fingerprint density at radius 2 is 1.95 bits per heavy atom. The van der Waals surface area contributed by atoms with Gasteiger partial charge in [0, 0.05) is 5.69 Å². The van der Waals surface area contributed by atoms with E-state index in [1.54, 1.807) is 50.2 Å². The zero-order valence-electron chi connectivity index (χ0n) is 11.8. The predicted octanol–water partition coefficient (Wildman–Crippen LogP) is 4.23. The van der Waals surface area contributed by atoms with Crippen molar-refractivity contribution in [2.75, 3.05) is 10.6 Å². The molecule has 1 amide bonds. The highest BCUT2D eigenvalue weighted by molar-refractivity contribution is 6.33. The van der Waals surface area contributed by atoms with Gasteiger partial charge in [0.2, 0.25) is 5.91 Å². The molecule has 0 bridgehead atoms. The van der Waals surface area contributed by atoms with E-state index in [9.17, 15) is 9.18 Å². The number of aryl methyl sites for hydroxylation is 1. The molecule has 0 aliphatic rings. The van der Waals surface area contributed by atoms with Crippen molar-refractivity contribution in [1.82, 2.24) is 0 Å². The van der Waals surface area contributed by atoms with Gasteiger partial charge in [-0.3, -0.25) is 4.79 Å². The molecule has 0 aliphatic heterocycles. The lowest BCUT2D eigenvalue weighted by Gasteiger charge is -2.16. The predicted molar refractivity (Wildman–Crippen MR) is 84.3 cm³/mol. The molecule has 2 N–H and O–H groups in total. The van der Waals surface area contributed by atoms with Crippen molar-refractivity contribution in [2.45, 2.75) is 19.9 Å². The summed E-state index contributed by atoms with van der Waals surface area (Å²) in [5.74, 6) is -0.553. The molecule has 1 atom stereocenters. The van der Waals surface area contributed by atoms with E-state index in [0.29, 0.717) is 22.0 Å². The molecule has 21 heavy (non-hydrogen) atoms. The van der Waals surface area contributed by atoms with Crippen LogP contribution in [0.5, 0.6) is 0 Å². The van der Waals surface area contributed by atoms with Gasteiger partial charge in [-0.25, -0.2) is 4.39 Å². The molecule has 2 rings (SSSR count). The van der Waals surface area contributed by atoms with Gasteiger partial charge in [-0.1, -0.05) is 29.8 Å². The Hall–Kier alpha value is -2.07. The quantitative estimate of drug-likeness (QED) is 0.887. The smallest absolute Gasteiger partial charge is 0.246 e. The van der Waals surface area contributed by atoms with E-state index in [1.807, 2.05) is 0 Å². The van der Waals surface area contributed by atoms with Crippen LogP contribution in [-0.2, 0) is 4.79 Å². The first-order chi connectivity index (χ1) is 9.97. The lowest BCUT2D eigenvalue weighted by atomic mass is 10.2. The van der Waals surface area contributed by atoms with Gasteiger partial charge in [0.25, 0.3) is 0 Å². The Morgan fingerprint density at radius 1 is 1.24 bits per heavy atom. The molecule has 0 saturated carbocycles. The number of nitrogens with one attached hydrogen (secondary N) is 2. The van der Waals surface area contributed by atoms with Crippen molar-refractivity contribution < 1.29 is 9.18 Å². The van der Waals surface area contributed by atoms with Crippen LogP contribution in [0.25, 0.3) is 0 Å². The number of hydrogen-bond donors (Lipinski definition) is 2. The number of carbonyl (C=O) groups is 1. The molecular weight excluding hydrogens is 291 g/mol. The molecule has 0 saturated heterocycles. The Bertz CT molecular complexity index is 660. The summed E-state index contributed by atoms with van der Waals surface area (Å²) in [5, 5.41) is 6.16. The van der Waals surface area contributed by atoms with Gasteiger partial charge < -0.3 is 10.6 Å². The molecule has 0 heterocycles. The fraction of sp³-hybridized carbons (Fsp3) is 0.188. The third-order valence-corrected chi connectivity index (χ3v) is 3.41. The van der Waals surface area contributed by atoms with E-state index in [1.165, 1.54) is 6.07 Å². The van der Waals surface area contributed by atoms with Gasteiger partial charge in [0.05, 0.1) is 10.7 Å². The largest absolute Gasteiger partial charge is 0.374 e. The highest BCUT2D eigenvalue weighted by Crippen LogP contribution is 2.21. The van der Waals surface area contributed by atoms with Crippen LogP contribution < -0.4 is 10.6 Å². The maximum absolute atomic E-state index is 13.5. The first-order valence-electron chi connectivity index (χ1n) is 6.55. The summed E-state index contributed by atoms with van der Waals surface area (Å²) >= 11 is 5.99. The number of hydrogen-bond acceptors (Lipinski definition) is 2. The fourth-order valence-corrected chi connectivity index (χ4v) is 1.98. The molecule has 0 fully saturated rings. The number of benzene rings is 2. The molecule has 0 spiro atoms. The van der Waals surface area contributed by atoms with Gasteiger partial charge in [0.1, 0.15) is 11.9 Å². The van der Waals surface area contributed by atoms with Gasteiger partial charge in [-0.2, -0.15) is 0 Å². The second kappa shape index (κ2) is 6.59. The van der Waals surface area contributed by atoms with Gasteiger partial charge in [-0.05, 0) is 43.7 Å². The van der Waals surface area contributed by atoms with Crippen molar-refractivity contribution in [3.63, 3.8) is 0 Å². The van der Waals surface area contributed by atoms with Gasteiger partial charge >= 0.3 is 0 Å². The van der Waals surface area contributed by atoms with Crippen LogP contribution in [0.3, 0.4) is 0 Å². The monoisotopic (exact) mass is 306 g/mol. The minimum atomic E-state index is -0.525. The van der Waals surface area contributed by atoms with E-state index < -0.39 is 6.04 Å². The van der Waals surface area contributed by atoms with Crippen LogP contribution in [-0.4, -0.2) is 11.9 Å². The highest BCUT2D eigenvalue weighted by Gasteiger charge is 2.14. The molecule has 3 nitrogen and oxygen atoms in total. The summed E-state index contributed by atoms with van der Waals surface area (Å²) in [7, 11) is 0. The number of carbonyl (C=O) groups excluding carboxylic acids is 1. The van der Waals surface area contributed by atoms with Crippen molar-refractivity contribution in [2.24, 2.45) is 0 Å². The zero-order valence-corrected chi connectivity index (χ0v) is 12.5. The van der Waals surface area contributed by atoms with E-state index in [0.717, 1.165) is 0 Å². The number of para-hydroxylation sites is 1. The molecule has 0 aromatic heterocycles. The summed E-state index contributed by atoms with van der Waals surface area (Å²) in [6.45, 7) is 3.39. The average molecular weight is 307 g/mol. The van der Waals surface area contributed by atoms with Crippen LogP contribution in [0.2, 0.25) is 5.02 Å². The molecule has 5 heteroatoms. The third kappa shape index (κ3) is 3.95. The number of anilines is 2. The number of halogens is 2. The second-order valence-corrected chi connectivity index (χ2v) is 5.21. The summed E-state index contributed by atoms with van der Waals surface area (Å²) in [6, 6.07) is 11.2. The molecule has 1 unspecified atom stereocenters. The highest BCUT2D eigenvalue weighted by atomic mass is 35.5. The van der Waals surface area contributed by atoms with Crippen LogP contribution in [0, 0.1) is 12.7 Å². The first kappa shape index (κ1) is 15.3. The van der Waals surface area contributed by atoms with Gasteiger partial charge in [0.15, 0.2) is 0 Å². The molecule has 0 radical (unpaired) electrons. The van der Waals surface area contributed by atoms with Crippen LogP contribution >= 0.6 is 11.6 Å². The summed E-state index contributed by atoms with van der Waals surface area (Å²) in [4.78, 5) is 12.1. The lowest BCUT2D eigenvalue weighted by Crippen LogP contribution is -2.32. The number of amides is 1. The maximum Gasteiger partial charge on any atom is 0.246 e. The average Bonchev–Trinajstić information content (AvgIpc) is 2.45. The molecule has 2 aromatic rings. The standard InChI is InChI=1S/C16H16ClFN2O/c1-10-7-8-12(9-14(10)18)19-11(2)16(21)20-15-6-4-3-5-13(15)17/h3-9,11,19H,1-2H3,(H,20,21). The van der Waals surface area contributed by atoms with E-state index >= 15 is 0 Å². The first-order valence-corrected chi connectivity index (χ1v) is 6.93. The lowest BCUT2D eigenvalue weighted by molar-refractivity contribution is -0.116. The summed E-state index contributed by atoms with van der Waals surface area (Å²) in [6.07, 6.45) is 0. The van der Waals surface area contributed by atoms with E-state index in [2.05, 4.69) is 10.6 Å². The van der Waals surface area contributed by atoms with Crippen LogP contribution in [0.1, 0.15) is 12.5 Å². The Morgan fingerprint density at radius 3 is 2.62 bits per heavy atom. The topological polar surface area (TPSA) is 41.1 Å². The fourth-order valence-electron chi connectivity index (χ4n) is 1.80. The Balaban J connectivity index is 2.02. The summed E-state index contributed by atoms with van der Waals surface area (Å²) < 4.78 is 13.5. The zero-order chi connectivity index (χ0) is 15.4. The molecule has 110 valence electrons. The summed E-state index contributed by atoms with van der Waals surface area (Å²) in [5.41, 5.74) is 1.67. The normalized spacial score (nSPS) is 11.8. The SMILES string of the molecule is Cc1ccc(NC(C)C(=O)Nc2ccccc2Cl)cc1F. The third-order valence-electron chi connectivity index (χ3n) is 3.08. The minimum absolute atomic E-state index is 0.246. The number of rotatable bonds is 4. The van der Waals surface area contributed by atoms with Crippen molar-refractivity contribution in [1.29, 1.82) is 0 Å². The van der Waals surface area contributed by atoms with Crippen molar-refractivity contribution in [3.8, 4) is 0 Å². The van der Waals surface area contributed by atoms with E-state index in [4.69, 9.17) is 11.6 Å². The van der Waals surface area contributed by atoms with E-state index in [-0.39, 0.29) is 11.7 Å². The molecule has 0 aliphatic carbocycles.